The summed E-state index contributed by atoms with van der Waals surface area (Å²) in [5.74, 6) is 5.55. The lowest BCUT2D eigenvalue weighted by molar-refractivity contribution is 0.0738. The van der Waals surface area contributed by atoms with Gasteiger partial charge in [-0.1, -0.05) is 6.92 Å². The highest BCUT2D eigenvalue weighted by Crippen LogP contribution is 2.05. The third-order valence-corrected chi connectivity index (χ3v) is 2.63. The molecule has 1 rings (SSSR count). The van der Waals surface area contributed by atoms with E-state index in [2.05, 4.69) is 15.6 Å². The zero-order chi connectivity index (χ0) is 14.3. The van der Waals surface area contributed by atoms with Crippen molar-refractivity contribution in [2.24, 2.45) is 5.84 Å². The minimum Gasteiger partial charge on any atom is -0.336 e. The lowest BCUT2D eigenvalue weighted by Crippen LogP contribution is -2.37. The SMILES string of the molecule is CCCN(CCN(C)C)C(=O)c1ccc(NN)nn1. The van der Waals surface area contributed by atoms with Gasteiger partial charge in [0.05, 0.1) is 0 Å². The maximum Gasteiger partial charge on any atom is 0.274 e. The van der Waals surface area contributed by atoms with Crippen LogP contribution in [0, 0.1) is 0 Å². The van der Waals surface area contributed by atoms with Crippen molar-refractivity contribution in [3.63, 3.8) is 0 Å². The van der Waals surface area contributed by atoms with Crippen LogP contribution >= 0.6 is 0 Å². The number of hydrazine groups is 1. The predicted octanol–water partition coefficient (Wildman–Crippen LogP) is 0.176. The van der Waals surface area contributed by atoms with E-state index in [1.54, 1.807) is 17.0 Å². The van der Waals surface area contributed by atoms with E-state index in [9.17, 15) is 4.79 Å². The summed E-state index contributed by atoms with van der Waals surface area (Å²) in [6, 6.07) is 3.26. The number of carbonyl (C=O) groups is 1. The molecule has 7 heteroatoms. The second kappa shape index (κ2) is 7.65. The summed E-state index contributed by atoms with van der Waals surface area (Å²) in [6.45, 7) is 4.26. The van der Waals surface area contributed by atoms with Gasteiger partial charge in [0.15, 0.2) is 11.5 Å². The van der Waals surface area contributed by atoms with Crippen LogP contribution < -0.4 is 11.3 Å². The van der Waals surface area contributed by atoms with Crippen molar-refractivity contribution in [2.75, 3.05) is 39.2 Å². The number of nitrogens with two attached hydrogens (primary N) is 1. The van der Waals surface area contributed by atoms with Crippen molar-refractivity contribution in [3.8, 4) is 0 Å². The summed E-state index contributed by atoms with van der Waals surface area (Å²) in [5.41, 5.74) is 2.72. The van der Waals surface area contributed by atoms with Gasteiger partial charge in [0, 0.05) is 19.6 Å². The first-order valence-electron chi connectivity index (χ1n) is 6.32. The van der Waals surface area contributed by atoms with Crippen molar-refractivity contribution in [1.82, 2.24) is 20.0 Å². The minimum atomic E-state index is -0.0974. The van der Waals surface area contributed by atoms with Crippen LogP contribution in [0.3, 0.4) is 0 Å². The van der Waals surface area contributed by atoms with E-state index >= 15 is 0 Å². The number of nitrogens with one attached hydrogen (secondary N) is 1. The van der Waals surface area contributed by atoms with Crippen molar-refractivity contribution in [2.45, 2.75) is 13.3 Å². The zero-order valence-electron chi connectivity index (χ0n) is 11.8. The highest BCUT2D eigenvalue weighted by atomic mass is 16.2. The Kier molecular flexibility index (Phi) is 6.17. The first-order valence-corrected chi connectivity index (χ1v) is 6.32. The summed E-state index contributed by atoms with van der Waals surface area (Å²) in [4.78, 5) is 16.1. The molecule has 1 heterocycles. The third kappa shape index (κ3) is 4.80. The molecular formula is C12H22N6O. The molecule has 0 aliphatic heterocycles. The van der Waals surface area contributed by atoms with Gasteiger partial charge in [0.25, 0.3) is 5.91 Å². The zero-order valence-corrected chi connectivity index (χ0v) is 11.8. The van der Waals surface area contributed by atoms with E-state index in [0.717, 1.165) is 13.0 Å². The summed E-state index contributed by atoms with van der Waals surface area (Å²) >= 11 is 0. The van der Waals surface area contributed by atoms with Gasteiger partial charge >= 0.3 is 0 Å². The second-order valence-electron chi connectivity index (χ2n) is 4.54. The Morgan fingerprint density at radius 1 is 1.26 bits per heavy atom. The molecule has 0 aromatic carbocycles. The summed E-state index contributed by atoms with van der Waals surface area (Å²) in [6.07, 6.45) is 0.912. The van der Waals surface area contributed by atoms with E-state index in [0.29, 0.717) is 24.6 Å². The van der Waals surface area contributed by atoms with E-state index in [-0.39, 0.29) is 5.91 Å². The van der Waals surface area contributed by atoms with Crippen LogP contribution in [0.5, 0.6) is 0 Å². The van der Waals surface area contributed by atoms with Crippen LogP contribution in [0.25, 0.3) is 0 Å². The summed E-state index contributed by atoms with van der Waals surface area (Å²) in [5, 5.41) is 7.69. The maximum atomic E-state index is 12.3. The quantitative estimate of drug-likeness (QED) is 0.540. The van der Waals surface area contributed by atoms with Crippen LogP contribution in [-0.4, -0.2) is 59.6 Å². The molecule has 0 aliphatic rings. The molecule has 0 saturated carbocycles. The second-order valence-corrected chi connectivity index (χ2v) is 4.54. The van der Waals surface area contributed by atoms with Crippen LogP contribution in [0.4, 0.5) is 5.82 Å². The Morgan fingerprint density at radius 3 is 2.47 bits per heavy atom. The van der Waals surface area contributed by atoms with Gasteiger partial charge < -0.3 is 15.2 Å². The highest BCUT2D eigenvalue weighted by Gasteiger charge is 2.16. The number of carbonyl (C=O) groups excluding carboxylic acids is 1. The van der Waals surface area contributed by atoms with Gasteiger partial charge in [-0.15, -0.1) is 10.2 Å². The standard InChI is InChI=1S/C12H22N6O/c1-4-7-18(9-8-17(2)3)12(19)10-5-6-11(14-13)16-15-10/h5-6H,4,7-9,13H2,1-3H3,(H,14,16). The Bertz CT molecular complexity index is 392. The van der Waals surface area contributed by atoms with Crippen LogP contribution in [0.2, 0.25) is 0 Å². The van der Waals surface area contributed by atoms with Crippen LogP contribution in [0.15, 0.2) is 12.1 Å². The van der Waals surface area contributed by atoms with Crippen molar-refractivity contribution >= 4 is 11.7 Å². The van der Waals surface area contributed by atoms with Gasteiger partial charge in [-0.05, 0) is 32.6 Å². The summed E-state index contributed by atoms with van der Waals surface area (Å²) < 4.78 is 0. The Balaban J connectivity index is 2.73. The average Bonchev–Trinajstić information content (AvgIpc) is 2.42. The number of aromatic nitrogens is 2. The van der Waals surface area contributed by atoms with E-state index < -0.39 is 0 Å². The molecule has 3 N–H and O–H groups in total. The number of hydrogen-bond donors (Lipinski definition) is 2. The van der Waals surface area contributed by atoms with Crippen LogP contribution in [0.1, 0.15) is 23.8 Å². The Morgan fingerprint density at radius 2 is 2.00 bits per heavy atom. The number of likely N-dealkylation sites (N-methyl/N-ethyl adjacent to an activating group) is 1. The molecule has 1 amide bonds. The largest absolute Gasteiger partial charge is 0.336 e. The monoisotopic (exact) mass is 266 g/mol. The average molecular weight is 266 g/mol. The molecule has 0 radical (unpaired) electrons. The third-order valence-electron chi connectivity index (χ3n) is 2.63. The predicted molar refractivity (Wildman–Crippen MR) is 74.6 cm³/mol. The fourth-order valence-electron chi connectivity index (χ4n) is 1.59. The molecule has 1 aromatic rings. The van der Waals surface area contributed by atoms with Crippen LogP contribution in [-0.2, 0) is 0 Å². The first kappa shape index (κ1) is 15.3. The Labute approximate surface area is 113 Å². The number of amides is 1. The van der Waals surface area contributed by atoms with Gasteiger partial charge in [-0.3, -0.25) is 4.79 Å². The molecule has 1 aromatic heterocycles. The van der Waals surface area contributed by atoms with Gasteiger partial charge in [-0.2, -0.15) is 0 Å². The fraction of sp³-hybridized carbons (Fsp3) is 0.583. The van der Waals surface area contributed by atoms with E-state index in [4.69, 9.17) is 5.84 Å². The fourth-order valence-corrected chi connectivity index (χ4v) is 1.59. The van der Waals surface area contributed by atoms with Gasteiger partial charge in [0.2, 0.25) is 0 Å². The van der Waals surface area contributed by atoms with E-state index in [1.165, 1.54) is 0 Å². The Hall–Kier alpha value is -1.73. The van der Waals surface area contributed by atoms with Crippen molar-refractivity contribution in [3.05, 3.63) is 17.8 Å². The van der Waals surface area contributed by atoms with Crippen molar-refractivity contribution in [1.29, 1.82) is 0 Å². The minimum absolute atomic E-state index is 0.0974. The molecule has 0 spiro atoms. The lowest BCUT2D eigenvalue weighted by Gasteiger charge is -2.23. The molecule has 0 fully saturated rings. The first-order chi connectivity index (χ1) is 9.08. The topological polar surface area (TPSA) is 87.4 Å². The lowest BCUT2D eigenvalue weighted by atomic mass is 10.3. The molecule has 7 nitrogen and oxygen atoms in total. The normalized spacial score (nSPS) is 10.6. The number of anilines is 1. The number of nitrogens with zero attached hydrogens (tertiary/aromatic N) is 4. The smallest absolute Gasteiger partial charge is 0.274 e. The number of rotatable bonds is 7. The molecule has 0 unspecified atom stereocenters. The van der Waals surface area contributed by atoms with Gasteiger partial charge in [0.1, 0.15) is 0 Å². The maximum absolute atomic E-state index is 12.3. The molecule has 0 atom stereocenters. The van der Waals surface area contributed by atoms with Crippen molar-refractivity contribution < 1.29 is 4.79 Å². The highest BCUT2D eigenvalue weighted by molar-refractivity contribution is 5.92. The number of hydrogen-bond acceptors (Lipinski definition) is 6. The molecule has 19 heavy (non-hydrogen) atoms. The molecule has 106 valence electrons. The molecule has 0 saturated heterocycles. The van der Waals surface area contributed by atoms with E-state index in [1.807, 2.05) is 25.9 Å². The summed E-state index contributed by atoms with van der Waals surface area (Å²) in [7, 11) is 3.96. The number of nitrogen functional groups attached to an aromatic ring is 1. The molecular weight excluding hydrogens is 244 g/mol. The molecule has 0 bridgehead atoms. The van der Waals surface area contributed by atoms with Gasteiger partial charge in [-0.25, -0.2) is 5.84 Å². The molecule has 0 aliphatic carbocycles.